The van der Waals surface area contributed by atoms with Gasteiger partial charge in [-0.25, -0.2) is 0 Å². The van der Waals surface area contributed by atoms with E-state index in [0.717, 1.165) is 28.2 Å². The van der Waals surface area contributed by atoms with E-state index in [1.807, 2.05) is 24.7 Å². The largest absolute Gasteiger partial charge is 0.328 e. The Balaban J connectivity index is 2.03. The zero-order valence-electron chi connectivity index (χ0n) is 11.9. The van der Waals surface area contributed by atoms with Gasteiger partial charge in [0, 0.05) is 13.6 Å². The highest BCUT2D eigenvalue weighted by Gasteiger charge is 2.15. The Morgan fingerprint density at radius 3 is 2.70 bits per heavy atom. The van der Waals surface area contributed by atoms with Gasteiger partial charge in [0.15, 0.2) is 10.4 Å². The molecule has 2 aromatic heterocycles. The number of hydrogen-bond acceptors (Lipinski definition) is 2. The van der Waals surface area contributed by atoms with E-state index < -0.39 is 0 Å². The van der Waals surface area contributed by atoms with Crippen LogP contribution in [0.25, 0.3) is 11.2 Å². The first-order valence-corrected chi connectivity index (χ1v) is 7.16. The molecule has 20 heavy (non-hydrogen) atoms. The molecule has 0 aliphatic carbocycles. The second kappa shape index (κ2) is 4.90. The predicted octanol–water partition coefficient (Wildman–Crippen LogP) is 3.54. The average Bonchev–Trinajstić information content (AvgIpc) is 2.90. The van der Waals surface area contributed by atoms with Gasteiger partial charge in [-0.1, -0.05) is 37.3 Å². The lowest BCUT2D eigenvalue weighted by atomic mass is 10.0. The Kier molecular flexibility index (Phi) is 3.22. The van der Waals surface area contributed by atoms with Gasteiger partial charge in [-0.05, 0) is 30.6 Å². The van der Waals surface area contributed by atoms with Crippen LogP contribution >= 0.6 is 12.2 Å². The third kappa shape index (κ3) is 2.08. The van der Waals surface area contributed by atoms with Crippen molar-refractivity contribution in [3.8, 4) is 0 Å². The van der Waals surface area contributed by atoms with Crippen LogP contribution in [-0.4, -0.2) is 19.3 Å². The molecule has 0 amide bonds. The number of aromatic amines is 1. The quantitative estimate of drug-likeness (QED) is 0.748. The van der Waals surface area contributed by atoms with E-state index in [2.05, 4.69) is 45.8 Å². The molecule has 104 valence electrons. The minimum Gasteiger partial charge on any atom is -0.328 e. The van der Waals surface area contributed by atoms with Gasteiger partial charge in [0.25, 0.3) is 0 Å². The molecule has 0 fully saturated rings. The van der Waals surface area contributed by atoms with Crippen LogP contribution in [0.3, 0.4) is 0 Å². The molecule has 0 aliphatic rings. The monoisotopic (exact) mass is 286 g/mol. The minimum absolute atomic E-state index is 0.400. The Hall–Kier alpha value is -1.88. The molecule has 0 saturated heterocycles. The second-order valence-electron chi connectivity index (χ2n) is 5.26. The fraction of sp³-hybridized carbons (Fsp3) is 0.333. The van der Waals surface area contributed by atoms with Crippen LogP contribution < -0.4 is 0 Å². The summed E-state index contributed by atoms with van der Waals surface area (Å²) in [6.45, 7) is 5.07. The van der Waals surface area contributed by atoms with Crippen LogP contribution in [-0.2, 0) is 13.6 Å². The molecule has 0 spiro atoms. The molecule has 4 nitrogen and oxygen atoms in total. The van der Waals surface area contributed by atoms with Crippen molar-refractivity contribution in [1.29, 1.82) is 0 Å². The van der Waals surface area contributed by atoms with E-state index in [9.17, 15) is 0 Å². The van der Waals surface area contributed by atoms with Gasteiger partial charge in [0.1, 0.15) is 5.52 Å². The number of imidazole rings is 1. The number of benzene rings is 1. The number of nitrogens with zero attached hydrogens (tertiary/aromatic N) is 3. The summed E-state index contributed by atoms with van der Waals surface area (Å²) in [5.74, 6) is 0.400. The summed E-state index contributed by atoms with van der Waals surface area (Å²) in [7, 11) is 1.96. The Morgan fingerprint density at radius 2 is 2.00 bits per heavy atom. The summed E-state index contributed by atoms with van der Waals surface area (Å²) in [4.78, 5) is 3.27. The van der Waals surface area contributed by atoms with Crippen LogP contribution in [0.1, 0.15) is 24.1 Å². The Labute approximate surface area is 123 Å². The van der Waals surface area contributed by atoms with Crippen molar-refractivity contribution in [2.75, 3.05) is 0 Å². The van der Waals surface area contributed by atoms with Crippen molar-refractivity contribution in [3.63, 3.8) is 0 Å². The van der Waals surface area contributed by atoms with E-state index in [1.54, 1.807) is 0 Å². The lowest BCUT2D eigenvalue weighted by molar-refractivity contribution is 0.588. The van der Waals surface area contributed by atoms with E-state index in [0.29, 0.717) is 5.92 Å². The molecule has 1 unspecified atom stereocenters. The molecule has 1 aromatic carbocycles. The molecule has 0 radical (unpaired) electrons. The molecule has 1 N–H and O–H groups in total. The topological polar surface area (TPSA) is 38.5 Å². The summed E-state index contributed by atoms with van der Waals surface area (Å²) < 4.78 is 4.80. The van der Waals surface area contributed by atoms with Gasteiger partial charge < -0.3 is 9.55 Å². The Bertz CT molecular complexity index is 794. The van der Waals surface area contributed by atoms with Gasteiger partial charge in [0.05, 0.1) is 5.69 Å². The molecule has 0 aliphatic heterocycles. The van der Waals surface area contributed by atoms with Crippen molar-refractivity contribution in [2.24, 2.45) is 7.05 Å². The minimum atomic E-state index is 0.400. The standard InChI is InChI=1S/C15H18N4S/c1-10(12-7-5-4-6-8-12)9-19-14-13(16-15(19)20)11(2)17-18(14)3/h4-8,10H,9H2,1-3H3,(H,16,20). The molecule has 0 saturated carbocycles. The fourth-order valence-corrected chi connectivity index (χ4v) is 2.97. The van der Waals surface area contributed by atoms with Crippen LogP contribution in [0.5, 0.6) is 0 Å². The van der Waals surface area contributed by atoms with Gasteiger partial charge in [-0.15, -0.1) is 0 Å². The van der Waals surface area contributed by atoms with Crippen LogP contribution in [0, 0.1) is 11.7 Å². The van der Waals surface area contributed by atoms with Gasteiger partial charge in [-0.2, -0.15) is 5.10 Å². The molecule has 2 heterocycles. The number of aryl methyl sites for hydroxylation is 2. The summed E-state index contributed by atoms with van der Waals surface area (Å²) in [5, 5.41) is 4.45. The first-order chi connectivity index (χ1) is 9.58. The molecule has 5 heteroatoms. The summed E-state index contributed by atoms with van der Waals surface area (Å²) in [6, 6.07) is 10.5. The van der Waals surface area contributed by atoms with Crippen molar-refractivity contribution >= 4 is 23.4 Å². The van der Waals surface area contributed by atoms with Crippen LogP contribution in [0.4, 0.5) is 0 Å². The van der Waals surface area contributed by atoms with Crippen LogP contribution in [0.2, 0.25) is 0 Å². The molecule has 3 aromatic rings. The lowest BCUT2D eigenvalue weighted by Gasteiger charge is -2.13. The lowest BCUT2D eigenvalue weighted by Crippen LogP contribution is -2.09. The predicted molar refractivity (Wildman–Crippen MR) is 83.5 cm³/mol. The van der Waals surface area contributed by atoms with Gasteiger partial charge >= 0.3 is 0 Å². The Morgan fingerprint density at radius 1 is 1.30 bits per heavy atom. The molecule has 0 bridgehead atoms. The number of nitrogens with one attached hydrogen (secondary N) is 1. The van der Waals surface area contributed by atoms with Crippen LogP contribution in [0.15, 0.2) is 30.3 Å². The molecular formula is C15H18N4S. The molecule has 1 atom stereocenters. The molecular weight excluding hydrogens is 268 g/mol. The third-order valence-electron chi connectivity index (χ3n) is 3.75. The summed E-state index contributed by atoms with van der Waals surface area (Å²) >= 11 is 5.46. The van der Waals surface area contributed by atoms with E-state index in [1.165, 1.54) is 5.56 Å². The first kappa shape index (κ1) is 13.1. The highest BCUT2D eigenvalue weighted by molar-refractivity contribution is 7.71. The van der Waals surface area contributed by atoms with Crippen molar-refractivity contribution in [3.05, 3.63) is 46.4 Å². The second-order valence-corrected chi connectivity index (χ2v) is 5.65. The van der Waals surface area contributed by atoms with E-state index in [4.69, 9.17) is 12.2 Å². The maximum Gasteiger partial charge on any atom is 0.179 e. The zero-order valence-corrected chi connectivity index (χ0v) is 12.7. The van der Waals surface area contributed by atoms with E-state index in [-0.39, 0.29) is 0 Å². The highest BCUT2D eigenvalue weighted by atomic mass is 32.1. The van der Waals surface area contributed by atoms with Gasteiger partial charge in [-0.3, -0.25) is 4.68 Å². The van der Waals surface area contributed by atoms with Crippen molar-refractivity contribution in [2.45, 2.75) is 26.3 Å². The zero-order chi connectivity index (χ0) is 14.3. The number of aromatic nitrogens is 4. The average molecular weight is 286 g/mol. The van der Waals surface area contributed by atoms with Crippen molar-refractivity contribution in [1.82, 2.24) is 19.3 Å². The molecule has 3 rings (SSSR count). The third-order valence-corrected chi connectivity index (χ3v) is 4.07. The maximum atomic E-state index is 5.46. The van der Waals surface area contributed by atoms with Crippen molar-refractivity contribution < 1.29 is 0 Å². The maximum absolute atomic E-state index is 5.46. The van der Waals surface area contributed by atoms with E-state index >= 15 is 0 Å². The smallest absolute Gasteiger partial charge is 0.179 e. The number of hydrogen-bond donors (Lipinski definition) is 1. The summed E-state index contributed by atoms with van der Waals surface area (Å²) in [5.41, 5.74) is 4.41. The fourth-order valence-electron chi connectivity index (χ4n) is 2.70. The number of H-pyrrole nitrogens is 1. The summed E-state index contributed by atoms with van der Waals surface area (Å²) in [6.07, 6.45) is 0. The number of fused-ring (bicyclic) bond motifs is 1. The number of rotatable bonds is 3. The highest BCUT2D eigenvalue weighted by Crippen LogP contribution is 2.22. The first-order valence-electron chi connectivity index (χ1n) is 6.75. The normalized spacial score (nSPS) is 12.9. The SMILES string of the molecule is Cc1nn(C)c2c1[nH]c(=S)n2CC(C)c1ccccc1. The van der Waals surface area contributed by atoms with Gasteiger partial charge in [0.2, 0.25) is 0 Å².